The molecule has 3 aromatic rings. The van der Waals surface area contributed by atoms with Gasteiger partial charge < -0.3 is 5.11 Å². The van der Waals surface area contributed by atoms with E-state index in [1.165, 1.54) is 28.9 Å². The Bertz CT molecular complexity index is 1210. The molecule has 0 saturated heterocycles. The van der Waals surface area contributed by atoms with Crippen molar-refractivity contribution in [3.63, 3.8) is 0 Å². The summed E-state index contributed by atoms with van der Waals surface area (Å²) in [5.74, 6) is -0.473. The Morgan fingerprint density at radius 3 is 2.48 bits per heavy atom. The normalized spacial score (nSPS) is 13.5. The molecule has 0 radical (unpaired) electrons. The zero-order valence-corrected chi connectivity index (χ0v) is 16.5. The van der Waals surface area contributed by atoms with Crippen LogP contribution in [0.1, 0.15) is 27.2 Å². The van der Waals surface area contributed by atoms with Crippen LogP contribution in [-0.2, 0) is 6.18 Å². The number of aromatic nitrogens is 2. The number of alkyl halides is 3. The molecule has 5 nitrogen and oxygen atoms in total. The van der Waals surface area contributed by atoms with E-state index in [4.69, 9.17) is 5.11 Å². The van der Waals surface area contributed by atoms with Crippen molar-refractivity contribution < 1.29 is 23.1 Å². The number of halogens is 3. The Morgan fingerprint density at radius 2 is 1.87 bits per heavy atom. The van der Waals surface area contributed by atoms with Crippen molar-refractivity contribution in [2.24, 2.45) is 4.99 Å². The molecule has 0 fully saturated rings. The Hall–Kier alpha value is -3.52. The van der Waals surface area contributed by atoms with Gasteiger partial charge in [0.15, 0.2) is 11.5 Å². The van der Waals surface area contributed by atoms with Gasteiger partial charge in [-0.25, -0.2) is 4.68 Å². The van der Waals surface area contributed by atoms with E-state index in [-0.39, 0.29) is 11.3 Å². The number of aliphatic hydroxyl groups excluding tert-OH is 1. The molecule has 1 aliphatic heterocycles. The van der Waals surface area contributed by atoms with Crippen molar-refractivity contribution in [2.45, 2.75) is 13.1 Å². The first-order chi connectivity index (χ1) is 14.8. The van der Waals surface area contributed by atoms with Gasteiger partial charge >= 0.3 is 6.18 Å². The van der Waals surface area contributed by atoms with Gasteiger partial charge in [0.2, 0.25) is 0 Å². The number of allylic oxidation sites excluding steroid dienone is 1. The fraction of sp³-hybridized carbons (Fsp3) is 0.174. The van der Waals surface area contributed by atoms with Crippen LogP contribution < -0.4 is 0 Å². The smallest absolute Gasteiger partial charge is 0.388 e. The number of aliphatic imine (C=N–C) groups is 1. The average Bonchev–Trinajstić information content (AvgIpc) is 3.44. The zero-order valence-electron chi connectivity index (χ0n) is 16.5. The number of Topliss-reactive ketones (excluding diaryl/α,β-unsaturated/α-hetero) is 1. The minimum absolute atomic E-state index is 0.266. The number of nitrogens with zero attached hydrogens (tertiary/aromatic N) is 3. The highest BCUT2D eigenvalue weighted by Gasteiger charge is 2.35. The predicted molar refractivity (Wildman–Crippen MR) is 111 cm³/mol. The molecule has 31 heavy (non-hydrogen) atoms. The minimum Gasteiger partial charge on any atom is -0.388 e. The molecule has 2 heterocycles. The molecule has 0 spiro atoms. The van der Waals surface area contributed by atoms with E-state index >= 15 is 0 Å². The summed E-state index contributed by atoms with van der Waals surface area (Å²) in [5.41, 5.74) is 3.18. The van der Waals surface area contributed by atoms with E-state index in [9.17, 15) is 18.0 Å². The molecule has 1 aromatic heterocycles. The topological polar surface area (TPSA) is 67.5 Å². The number of hydrogen-bond acceptors (Lipinski definition) is 4. The van der Waals surface area contributed by atoms with Gasteiger partial charge in [-0.15, -0.1) is 0 Å². The lowest BCUT2D eigenvalue weighted by Gasteiger charge is -2.12. The standard InChI is InChI=1S/C23H18F3N3O2/c1-14-2-3-16(17-8-9-27-12-17)10-19(14)20-11-22(23(24,25)26)28-29(20)18-6-4-15(5-7-18)21(31)13-30/h2-11,30H,12-13H2,1H3. The summed E-state index contributed by atoms with van der Waals surface area (Å²) in [6.45, 7) is 1.71. The first kappa shape index (κ1) is 20.7. The molecule has 0 aliphatic carbocycles. The maximum atomic E-state index is 13.5. The number of ketones is 1. The lowest BCUT2D eigenvalue weighted by atomic mass is 9.98. The second-order valence-electron chi connectivity index (χ2n) is 7.16. The maximum absolute atomic E-state index is 13.5. The second kappa shape index (κ2) is 7.96. The van der Waals surface area contributed by atoms with Crippen LogP contribution in [0.15, 0.2) is 59.6 Å². The average molecular weight is 425 g/mol. The van der Waals surface area contributed by atoms with Crippen LogP contribution in [0.3, 0.4) is 0 Å². The summed E-state index contributed by atoms with van der Waals surface area (Å²) in [6, 6.07) is 12.6. The summed E-state index contributed by atoms with van der Waals surface area (Å²) in [7, 11) is 0. The van der Waals surface area contributed by atoms with Gasteiger partial charge in [0.25, 0.3) is 0 Å². The first-order valence-corrected chi connectivity index (χ1v) is 9.50. The van der Waals surface area contributed by atoms with Crippen molar-refractivity contribution in [1.82, 2.24) is 9.78 Å². The van der Waals surface area contributed by atoms with Crippen LogP contribution in [0.5, 0.6) is 0 Å². The SMILES string of the molecule is Cc1ccc(C2=CC=NC2)cc1-c1cc(C(F)(F)F)nn1-c1ccc(C(=O)CO)cc1. The van der Waals surface area contributed by atoms with Crippen LogP contribution in [0.25, 0.3) is 22.5 Å². The minimum atomic E-state index is -4.61. The maximum Gasteiger partial charge on any atom is 0.435 e. The van der Waals surface area contributed by atoms with Gasteiger partial charge in [0.1, 0.15) is 6.61 Å². The van der Waals surface area contributed by atoms with Crippen molar-refractivity contribution in [2.75, 3.05) is 13.2 Å². The van der Waals surface area contributed by atoms with Crippen molar-refractivity contribution >= 4 is 17.6 Å². The first-order valence-electron chi connectivity index (χ1n) is 9.50. The number of aryl methyl sites for hydroxylation is 1. The molecule has 8 heteroatoms. The Morgan fingerprint density at radius 1 is 1.13 bits per heavy atom. The number of carbonyl (C=O) groups is 1. The van der Waals surface area contributed by atoms with E-state index in [1.54, 1.807) is 6.21 Å². The summed E-state index contributed by atoms with van der Waals surface area (Å²) in [4.78, 5) is 15.8. The highest BCUT2D eigenvalue weighted by molar-refractivity contribution is 5.97. The van der Waals surface area contributed by atoms with Gasteiger partial charge in [-0.2, -0.15) is 18.3 Å². The molecule has 1 aliphatic rings. The summed E-state index contributed by atoms with van der Waals surface area (Å²) >= 11 is 0. The molecular weight excluding hydrogens is 407 g/mol. The predicted octanol–water partition coefficient (Wildman–Crippen LogP) is 4.51. The third-order valence-corrected chi connectivity index (χ3v) is 5.10. The van der Waals surface area contributed by atoms with E-state index < -0.39 is 24.3 Å². The quantitative estimate of drug-likeness (QED) is 0.612. The molecular formula is C23H18F3N3O2. The number of carbonyl (C=O) groups excluding carboxylic acids is 1. The van der Waals surface area contributed by atoms with Crippen molar-refractivity contribution in [1.29, 1.82) is 0 Å². The Balaban J connectivity index is 1.86. The Labute approximate surface area is 176 Å². The summed E-state index contributed by atoms with van der Waals surface area (Å²) in [6.07, 6.45) is -1.03. The molecule has 0 atom stereocenters. The highest BCUT2D eigenvalue weighted by Crippen LogP contribution is 2.35. The number of hydrogen-bond donors (Lipinski definition) is 1. The number of aliphatic hydroxyl groups is 1. The third-order valence-electron chi connectivity index (χ3n) is 5.10. The van der Waals surface area contributed by atoms with Gasteiger partial charge in [-0.05, 0) is 66.1 Å². The van der Waals surface area contributed by atoms with Crippen LogP contribution in [0, 0.1) is 6.92 Å². The van der Waals surface area contributed by atoms with Crippen LogP contribution in [-0.4, -0.2) is 40.0 Å². The highest BCUT2D eigenvalue weighted by atomic mass is 19.4. The van der Waals surface area contributed by atoms with E-state index in [0.717, 1.165) is 22.8 Å². The van der Waals surface area contributed by atoms with Crippen LogP contribution in [0.2, 0.25) is 0 Å². The molecule has 0 amide bonds. The van der Waals surface area contributed by atoms with E-state index in [1.807, 2.05) is 31.2 Å². The lowest BCUT2D eigenvalue weighted by molar-refractivity contribution is -0.141. The summed E-state index contributed by atoms with van der Waals surface area (Å²) in [5, 5.41) is 12.8. The molecule has 158 valence electrons. The van der Waals surface area contributed by atoms with E-state index in [2.05, 4.69) is 10.1 Å². The largest absolute Gasteiger partial charge is 0.435 e. The van der Waals surface area contributed by atoms with Gasteiger partial charge in [0, 0.05) is 17.3 Å². The molecule has 0 saturated carbocycles. The second-order valence-corrected chi connectivity index (χ2v) is 7.16. The fourth-order valence-electron chi connectivity index (χ4n) is 3.42. The molecule has 0 unspecified atom stereocenters. The monoisotopic (exact) mass is 425 g/mol. The van der Waals surface area contributed by atoms with Gasteiger partial charge in [-0.3, -0.25) is 9.79 Å². The van der Waals surface area contributed by atoms with Crippen LogP contribution >= 0.6 is 0 Å². The van der Waals surface area contributed by atoms with Crippen molar-refractivity contribution in [3.8, 4) is 16.9 Å². The molecule has 1 N–H and O–H groups in total. The van der Waals surface area contributed by atoms with Gasteiger partial charge in [0.05, 0.1) is 17.9 Å². The van der Waals surface area contributed by atoms with E-state index in [0.29, 0.717) is 17.8 Å². The zero-order chi connectivity index (χ0) is 22.2. The number of benzene rings is 2. The lowest BCUT2D eigenvalue weighted by Crippen LogP contribution is -2.08. The summed E-state index contributed by atoms with van der Waals surface area (Å²) < 4.78 is 41.7. The van der Waals surface area contributed by atoms with Gasteiger partial charge in [-0.1, -0.05) is 12.1 Å². The molecule has 2 aromatic carbocycles. The molecule has 4 rings (SSSR count). The molecule has 0 bridgehead atoms. The van der Waals surface area contributed by atoms with Crippen molar-refractivity contribution in [3.05, 3.63) is 77.0 Å². The third kappa shape index (κ3) is 4.06. The fourth-order valence-corrected chi connectivity index (χ4v) is 3.42. The Kier molecular flexibility index (Phi) is 5.32. The number of rotatable bonds is 5. The van der Waals surface area contributed by atoms with Crippen LogP contribution in [0.4, 0.5) is 13.2 Å².